The monoisotopic (exact) mass is 478 g/mol. The number of benzene rings is 1. The second kappa shape index (κ2) is 16.1. The average Bonchev–Trinajstić information content (AvgIpc) is 2.65. The van der Waals surface area contributed by atoms with E-state index in [0.717, 1.165) is 56.5 Å². The van der Waals surface area contributed by atoms with E-state index in [-0.39, 0.29) is 24.0 Å². The number of nitrogens with one attached hydrogen (secondary N) is 2. The van der Waals surface area contributed by atoms with Gasteiger partial charge in [-0.2, -0.15) is 0 Å². The van der Waals surface area contributed by atoms with Crippen LogP contribution in [0.25, 0.3) is 0 Å². The van der Waals surface area contributed by atoms with Gasteiger partial charge in [0.15, 0.2) is 5.96 Å². The number of aliphatic imine (C=N–C) groups is 1. The van der Waals surface area contributed by atoms with Crippen LogP contribution in [0.1, 0.15) is 25.8 Å². The Kier molecular flexibility index (Phi) is 15.5. The molecule has 1 aromatic rings. The summed E-state index contributed by atoms with van der Waals surface area (Å²) in [4.78, 5) is 6.60. The van der Waals surface area contributed by atoms with Gasteiger partial charge in [-0.3, -0.25) is 4.99 Å². The molecule has 0 bridgehead atoms. The van der Waals surface area contributed by atoms with E-state index >= 15 is 0 Å². The van der Waals surface area contributed by atoms with Crippen LogP contribution < -0.4 is 15.4 Å². The lowest BCUT2D eigenvalue weighted by molar-refractivity contribution is 0.195. The molecular formula is C19H35IN4O2. The van der Waals surface area contributed by atoms with E-state index in [1.54, 1.807) is 14.2 Å². The summed E-state index contributed by atoms with van der Waals surface area (Å²) >= 11 is 0. The van der Waals surface area contributed by atoms with Gasteiger partial charge in [-0.25, -0.2) is 0 Å². The molecule has 150 valence electrons. The summed E-state index contributed by atoms with van der Waals surface area (Å²) in [7, 11) is 3.49. The van der Waals surface area contributed by atoms with Crippen LogP contribution in [0, 0.1) is 0 Å². The van der Waals surface area contributed by atoms with Gasteiger partial charge in [0.25, 0.3) is 0 Å². The molecule has 0 radical (unpaired) electrons. The summed E-state index contributed by atoms with van der Waals surface area (Å²) < 4.78 is 11.0. The molecule has 0 spiro atoms. The molecule has 1 aromatic carbocycles. The first-order valence-electron chi connectivity index (χ1n) is 9.11. The zero-order valence-corrected chi connectivity index (χ0v) is 18.9. The van der Waals surface area contributed by atoms with Crippen LogP contribution in [0.5, 0.6) is 5.75 Å². The number of para-hydroxylation sites is 1. The van der Waals surface area contributed by atoms with Crippen molar-refractivity contribution >= 4 is 29.9 Å². The Balaban J connectivity index is 0.00000625. The number of hydrogen-bond donors (Lipinski definition) is 2. The van der Waals surface area contributed by atoms with Gasteiger partial charge in [0.2, 0.25) is 0 Å². The first-order chi connectivity index (χ1) is 12.2. The van der Waals surface area contributed by atoms with Crippen LogP contribution in [0.3, 0.4) is 0 Å². The highest BCUT2D eigenvalue weighted by Gasteiger charge is 2.06. The fraction of sp³-hybridized carbons (Fsp3) is 0.632. The maximum Gasteiger partial charge on any atom is 0.191 e. The number of nitrogens with zero attached hydrogens (tertiary/aromatic N) is 2. The fourth-order valence-corrected chi connectivity index (χ4v) is 2.44. The minimum atomic E-state index is 0. The predicted molar refractivity (Wildman–Crippen MR) is 120 cm³/mol. The van der Waals surface area contributed by atoms with Gasteiger partial charge < -0.3 is 25.0 Å². The smallest absolute Gasteiger partial charge is 0.191 e. The van der Waals surface area contributed by atoms with Crippen molar-refractivity contribution in [3.8, 4) is 5.75 Å². The van der Waals surface area contributed by atoms with Crippen molar-refractivity contribution in [2.24, 2.45) is 4.99 Å². The van der Waals surface area contributed by atoms with E-state index < -0.39 is 0 Å². The lowest BCUT2D eigenvalue weighted by Gasteiger charge is -2.19. The van der Waals surface area contributed by atoms with Crippen LogP contribution in [-0.4, -0.2) is 64.4 Å². The third-order valence-corrected chi connectivity index (χ3v) is 4.02. The molecule has 0 unspecified atom stereocenters. The topological polar surface area (TPSA) is 58.1 Å². The van der Waals surface area contributed by atoms with Gasteiger partial charge in [-0.05, 0) is 25.6 Å². The zero-order chi connectivity index (χ0) is 18.3. The van der Waals surface area contributed by atoms with Gasteiger partial charge in [0.1, 0.15) is 12.4 Å². The SMILES string of the molecule is CCN(CC)CCOc1ccccc1CNC(=NC)NCCCOC.I. The number of likely N-dealkylation sites (N-methyl/N-ethyl adjacent to an activating group) is 1. The fourth-order valence-electron chi connectivity index (χ4n) is 2.44. The molecule has 0 atom stereocenters. The molecule has 0 aromatic heterocycles. The minimum Gasteiger partial charge on any atom is -0.492 e. The minimum absolute atomic E-state index is 0. The second-order valence-electron chi connectivity index (χ2n) is 5.68. The molecule has 0 amide bonds. The molecule has 0 aliphatic heterocycles. The lowest BCUT2D eigenvalue weighted by atomic mass is 10.2. The normalized spacial score (nSPS) is 11.2. The third-order valence-electron chi connectivity index (χ3n) is 4.02. The molecular weight excluding hydrogens is 443 g/mol. The summed E-state index contributed by atoms with van der Waals surface area (Å²) in [5.74, 6) is 1.71. The molecule has 1 rings (SSSR count). The van der Waals surface area contributed by atoms with Crippen LogP contribution in [0.15, 0.2) is 29.3 Å². The van der Waals surface area contributed by atoms with Crippen LogP contribution in [0.4, 0.5) is 0 Å². The number of methoxy groups -OCH3 is 1. The van der Waals surface area contributed by atoms with E-state index in [9.17, 15) is 0 Å². The molecule has 2 N–H and O–H groups in total. The maximum atomic E-state index is 5.99. The second-order valence-corrected chi connectivity index (χ2v) is 5.68. The van der Waals surface area contributed by atoms with E-state index in [1.165, 1.54) is 0 Å². The van der Waals surface area contributed by atoms with Crippen molar-refractivity contribution in [3.05, 3.63) is 29.8 Å². The highest BCUT2D eigenvalue weighted by atomic mass is 127. The van der Waals surface area contributed by atoms with Gasteiger partial charge >= 0.3 is 0 Å². The maximum absolute atomic E-state index is 5.99. The number of ether oxygens (including phenoxy) is 2. The standard InChI is InChI=1S/C19H34N4O2.HI/c1-5-23(6-2)13-15-25-18-11-8-7-10-17(18)16-22-19(20-3)21-12-9-14-24-4;/h7-8,10-11H,5-6,9,12-16H2,1-4H3,(H2,20,21,22);1H. The molecule has 0 saturated heterocycles. The van der Waals surface area contributed by atoms with Crippen LogP contribution in [0.2, 0.25) is 0 Å². The molecule has 6 nitrogen and oxygen atoms in total. The zero-order valence-electron chi connectivity index (χ0n) is 16.6. The molecule has 0 fully saturated rings. The quantitative estimate of drug-likeness (QED) is 0.210. The Morgan fingerprint density at radius 2 is 1.85 bits per heavy atom. The van der Waals surface area contributed by atoms with Gasteiger partial charge in [-0.15, -0.1) is 24.0 Å². The summed E-state index contributed by atoms with van der Waals surface area (Å²) in [5, 5.41) is 6.61. The molecule has 0 heterocycles. The van der Waals surface area contributed by atoms with Gasteiger partial charge in [0.05, 0.1) is 0 Å². The highest BCUT2D eigenvalue weighted by molar-refractivity contribution is 14.0. The largest absolute Gasteiger partial charge is 0.492 e. The molecule has 7 heteroatoms. The Morgan fingerprint density at radius 3 is 2.50 bits per heavy atom. The molecule has 0 saturated carbocycles. The first kappa shape index (κ1) is 24.9. The Bertz CT molecular complexity index is 496. The molecule has 26 heavy (non-hydrogen) atoms. The van der Waals surface area contributed by atoms with E-state index in [2.05, 4.69) is 40.4 Å². The van der Waals surface area contributed by atoms with Crippen molar-refractivity contribution in [3.63, 3.8) is 0 Å². The number of halogens is 1. The van der Waals surface area contributed by atoms with Gasteiger partial charge in [-0.1, -0.05) is 32.0 Å². The Labute approximate surface area is 175 Å². The Morgan fingerprint density at radius 1 is 1.12 bits per heavy atom. The van der Waals surface area contributed by atoms with Gasteiger partial charge in [0, 0.05) is 46.0 Å². The van der Waals surface area contributed by atoms with Crippen LogP contribution in [-0.2, 0) is 11.3 Å². The van der Waals surface area contributed by atoms with Crippen molar-refractivity contribution in [2.75, 3.05) is 53.6 Å². The number of hydrogen-bond acceptors (Lipinski definition) is 4. The number of guanidine groups is 1. The predicted octanol–water partition coefficient (Wildman–Crippen LogP) is 2.73. The number of rotatable bonds is 12. The first-order valence-corrected chi connectivity index (χ1v) is 9.11. The van der Waals surface area contributed by atoms with E-state index in [1.807, 2.05) is 18.2 Å². The Hall–Kier alpha value is -1.06. The van der Waals surface area contributed by atoms with Crippen molar-refractivity contribution < 1.29 is 9.47 Å². The summed E-state index contributed by atoms with van der Waals surface area (Å²) in [5.41, 5.74) is 1.13. The average molecular weight is 478 g/mol. The summed E-state index contributed by atoms with van der Waals surface area (Å²) in [6.07, 6.45) is 0.947. The summed E-state index contributed by atoms with van der Waals surface area (Å²) in [6, 6.07) is 8.14. The van der Waals surface area contributed by atoms with Crippen molar-refractivity contribution in [2.45, 2.75) is 26.8 Å². The lowest BCUT2D eigenvalue weighted by Crippen LogP contribution is -2.37. The highest BCUT2D eigenvalue weighted by Crippen LogP contribution is 2.17. The summed E-state index contributed by atoms with van der Waals surface area (Å²) in [6.45, 7) is 10.3. The van der Waals surface area contributed by atoms with Crippen LogP contribution >= 0.6 is 24.0 Å². The van der Waals surface area contributed by atoms with E-state index in [4.69, 9.17) is 9.47 Å². The van der Waals surface area contributed by atoms with E-state index in [0.29, 0.717) is 13.2 Å². The van der Waals surface area contributed by atoms with Crippen molar-refractivity contribution in [1.82, 2.24) is 15.5 Å². The third kappa shape index (κ3) is 10.2. The van der Waals surface area contributed by atoms with Crippen molar-refractivity contribution in [1.29, 1.82) is 0 Å². The molecule has 0 aliphatic carbocycles. The molecule has 0 aliphatic rings.